The number of nitrogens with one attached hydrogen (secondary N) is 2. The molecule has 0 aliphatic heterocycles. The van der Waals surface area contributed by atoms with Gasteiger partial charge in [-0.15, -0.1) is 0 Å². The number of aliphatic hydroxyl groups excluding tert-OH is 1. The molecular formula is C27H35N3O5. The number of hydrogen-bond acceptors (Lipinski definition) is 5. The number of carbonyl (C=O) groups excluding carboxylic acids is 3. The van der Waals surface area contributed by atoms with Crippen molar-refractivity contribution in [1.82, 2.24) is 15.5 Å². The molecule has 1 aliphatic carbocycles. The van der Waals surface area contributed by atoms with Gasteiger partial charge in [0.15, 0.2) is 0 Å². The van der Waals surface area contributed by atoms with E-state index in [1.165, 1.54) is 4.90 Å². The molecular weight excluding hydrogens is 446 g/mol. The van der Waals surface area contributed by atoms with Crippen LogP contribution in [-0.2, 0) is 20.9 Å². The molecule has 8 heteroatoms. The molecule has 2 aromatic rings. The van der Waals surface area contributed by atoms with Crippen molar-refractivity contribution in [3.05, 3.63) is 71.8 Å². The van der Waals surface area contributed by atoms with Crippen molar-refractivity contribution in [2.75, 3.05) is 6.61 Å². The number of carbonyl (C=O) groups is 3. The smallest absolute Gasteiger partial charge is 0.408 e. The standard InChI is InChI=1S/C27H35N3O5/c1-18-15-22(18)30(25(33)21(17-31)29-26(34)35-27(2,3)4)23(20-13-9-6-10-14-20)24(32)28-16-19-11-7-5-8-12-19/h5-14,18,21-23,31H,15-17H2,1-4H3,(H,28,32)(H,29,34). The van der Waals surface area contributed by atoms with Gasteiger partial charge in [0, 0.05) is 12.6 Å². The average Bonchev–Trinajstić information content (AvgIpc) is 3.54. The maximum absolute atomic E-state index is 13.7. The van der Waals surface area contributed by atoms with E-state index in [0.717, 1.165) is 12.0 Å². The molecule has 0 bridgehead atoms. The number of ether oxygens (including phenoxy) is 1. The highest BCUT2D eigenvalue weighted by atomic mass is 16.6. The molecule has 2 aromatic carbocycles. The predicted molar refractivity (Wildman–Crippen MR) is 132 cm³/mol. The van der Waals surface area contributed by atoms with Gasteiger partial charge in [0.2, 0.25) is 11.8 Å². The highest BCUT2D eigenvalue weighted by Crippen LogP contribution is 2.40. The van der Waals surface area contributed by atoms with Crippen molar-refractivity contribution < 1.29 is 24.2 Å². The summed E-state index contributed by atoms with van der Waals surface area (Å²) in [5, 5.41) is 15.4. The zero-order chi connectivity index (χ0) is 25.6. The Balaban J connectivity index is 1.88. The van der Waals surface area contributed by atoms with Gasteiger partial charge in [0.05, 0.1) is 6.61 Å². The summed E-state index contributed by atoms with van der Waals surface area (Å²) in [6.45, 7) is 6.83. The first-order valence-electron chi connectivity index (χ1n) is 11.9. The first-order chi connectivity index (χ1) is 16.6. The van der Waals surface area contributed by atoms with Crippen molar-refractivity contribution in [3.8, 4) is 0 Å². The minimum absolute atomic E-state index is 0.188. The third kappa shape index (κ3) is 7.29. The molecule has 8 nitrogen and oxygen atoms in total. The molecule has 4 atom stereocenters. The molecule has 4 unspecified atom stereocenters. The molecule has 3 amide bonds. The second-order valence-electron chi connectivity index (χ2n) is 9.92. The summed E-state index contributed by atoms with van der Waals surface area (Å²) in [5.41, 5.74) is 0.825. The molecule has 0 radical (unpaired) electrons. The predicted octanol–water partition coefficient (Wildman–Crippen LogP) is 3.17. The van der Waals surface area contributed by atoms with Crippen LogP contribution in [0.15, 0.2) is 60.7 Å². The van der Waals surface area contributed by atoms with Crippen molar-refractivity contribution in [2.45, 2.75) is 64.4 Å². The van der Waals surface area contributed by atoms with Crippen LogP contribution in [-0.4, -0.2) is 52.2 Å². The van der Waals surface area contributed by atoms with Gasteiger partial charge in [0.25, 0.3) is 0 Å². The number of benzene rings is 2. The second-order valence-corrected chi connectivity index (χ2v) is 9.92. The van der Waals surface area contributed by atoms with Gasteiger partial charge >= 0.3 is 6.09 Å². The Hall–Kier alpha value is -3.39. The van der Waals surface area contributed by atoms with E-state index in [1.807, 2.05) is 55.5 Å². The second kappa shape index (κ2) is 11.4. The Morgan fingerprint density at radius 2 is 1.63 bits per heavy atom. The van der Waals surface area contributed by atoms with E-state index in [9.17, 15) is 19.5 Å². The number of rotatable bonds is 9. The van der Waals surface area contributed by atoms with E-state index in [2.05, 4.69) is 10.6 Å². The highest BCUT2D eigenvalue weighted by Gasteiger charge is 2.48. The summed E-state index contributed by atoms with van der Waals surface area (Å²) in [6.07, 6.45) is -0.0792. The van der Waals surface area contributed by atoms with Crippen molar-refractivity contribution in [2.24, 2.45) is 5.92 Å². The van der Waals surface area contributed by atoms with Crippen LogP contribution in [0.4, 0.5) is 4.79 Å². The van der Waals surface area contributed by atoms with Crippen LogP contribution in [0.3, 0.4) is 0 Å². The summed E-state index contributed by atoms with van der Waals surface area (Å²) in [4.78, 5) is 41.1. The first kappa shape index (κ1) is 26.2. The Labute approximate surface area is 206 Å². The van der Waals surface area contributed by atoms with Crippen LogP contribution in [0.5, 0.6) is 0 Å². The van der Waals surface area contributed by atoms with Gasteiger partial charge in [-0.3, -0.25) is 9.59 Å². The molecule has 3 rings (SSSR count). The van der Waals surface area contributed by atoms with E-state index >= 15 is 0 Å². The molecule has 35 heavy (non-hydrogen) atoms. The van der Waals surface area contributed by atoms with Crippen molar-refractivity contribution in [1.29, 1.82) is 0 Å². The third-order valence-corrected chi connectivity index (χ3v) is 5.80. The molecule has 0 aromatic heterocycles. The SMILES string of the molecule is CC1CC1N(C(=O)C(CO)NC(=O)OC(C)(C)C)C(C(=O)NCc1ccccc1)c1ccccc1. The topological polar surface area (TPSA) is 108 Å². The lowest BCUT2D eigenvalue weighted by Crippen LogP contribution is -2.55. The summed E-state index contributed by atoms with van der Waals surface area (Å²) >= 11 is 0. The maximum atomic E-state index is 13.7. The van der Waals surface area contributed by atoms with Gasteiger partial charge < -0.3 is 25.4 Å². The van der Waals surface area contributed by atoms with Gasteiger partial charge in [-0.2, -0.15) is 0 Å². The fraction of sp³-hybridized carbons (Fsp3) is 0.444. The maximum Gasteiger partial charge on any atom is 0.408 e. The minimum atomic E-state index is -1.24. The first-order valence-corrected chi connectivity index (χ1v) is 11.9. The summed E-state index contributed by atoms with van der Waals surface area (Å²) in [7, 11) is 0. The van der Waals surface area contributed by atoms with E-state index in [4.69, 9.17) is 4.74 Å². The van der Waals surface area contributed by atoms with Crippen LogP contribution >= 0.6 is 0 Å². The molecule has 3 N–H and O–H groups in total. The molecule has 1 aliphatic rings. The molecule has 0 heterocycles. The quantitative estimate of drug-likeness (QED) is 0.510. The van der Waals surface area contributed by atoms with Gasteiger partial charge in [-0.1, -0.05) is 67.6 Å². The van der Waals surface area contributed by atoms with E-state index in [-0.39, 0.29) is 17.9 Å². The van der Waals surface area contributed by atoms with E-state index in [1.54, 1.807) is 32.9 Å². The Bertz CT molecular complexity index is 1010. The highest BCUT2D eigenvalue weighted by molar-refractivity contribution is 5.92. The fourth-order valence-corrected chi connectivity index (χ4v) is 3.94. The lowest BCUT2D eigenvalue weighted by molar-refractivity contribution is -0.144. The molecule has 0 saturated heterocycles. The molecule has 1 saturated carbocycles. The van der Waals surface area contributed by atoms with Gasteiger partial charge in [-0.05, 0) is 44.2 Å². The summed E-state index contributed by atoms with van der Waals surface area (Å²) in [6, 6.07) is 16.2. The summed E-state index contributed by atoms with van der Waals surface area (Å²) < 4.78 is 5.27. The number of amides is 3. The zero-order valence-electron chi connectivity index (χ0n) is 20.7. The lowest BCUT2D eigenvalue weighted by Gasteiger charge is -2.34. The largest absolute Gasteiger partial charge is 0.444 e. The Morgan fingerprint density at radius 1 is 1.06 bits per heavy atom. The van der Waals surface area contributed by atoms with Crippen molar-refractivity contribution in [3.63, 3.8) is 0 Å². The van der Waals surface area contributed by atoms with Crippen LogP contribution in [0.1, 0.15) is 51.3 Å². The van der Waals surface area contributed by atoms with Crippen LogP contribution in [0.2, 0.25) is 0 Å². The zero-order valence-corrected chi connectivity index (χ0v) is 20.7. The molecule has 1 fully saturated rings. The number of alkyl carbamates (subject to hydrolysis) is 1. The summed E-state index contributed by atoms with van der Waals surface area (Å²) in [5.74, 6) is -0.675. The van der Waals surface area contributed by atoms with Crippen LogP contribution in [0.25, 0.3) is 0 Å². The average molecular weight is 482 g/mol. The fourth-order valence-electron chi connectivity index (χ4n) is 3.94. The lowest BCUT2D eigenvalue weighted by atomic mass is 10.0. The van der Waals surface area contributed by atoms with E-state index < -0.39 is 36.3 Å². The van der Waals surface area contributed by atoms with Crippen LogP contribution < -0.4 is 10.6 Å². The number of aliphatic hydroxyl groups is 1. The normalized spacial score (nSPS) is 18.7. The Morgan fingerprint density at radius 3 is 2.14 bits per heavy atom. The van der Waals surface area contributed by atoms with Crippen LogP contribution in [0, 0.1) is 5.92 Å². The number of hydrogen-bond donors (Lipinski definition) is 3. The third-order valence-electron chi connectivity index (χ3n) is 5.80. The van der Waals surface area contributed by atoms with Crippen molar-refractivity contribution >= 4 is 17.9 Å². The molecule has 0 spiro atoms. The van der Waals surface area contributed by atoms with Gasteiger partial charge in [-0.25, -0.2) is 4.79 Å². The van der Waals surface area contributed by atoms with E-state index in [0.29, 0.717) is 12.1 Å². The Kier molecular flexibility index (Phi) is 8.51. The molecule has 188 valence electrons. The minimum Gasteiger partial charge on any atom is -0.444 e. The number of nitrogens with zero attached hydrogens (tertiary/aromatic N) is 1. The van der Waals surface area contributed by atoms with Gasteiger partial charge in [0.1, 0.15) is 17.7 Å². The monoisotopic (exact) mass is 481 g/mol.